The second-order valence-corrected chi connectivity index (χ2v) is 12.0. The highest BCUT2D eigenvalue weighted by molar-refractivity contribution is 6.69. The van der Waals surface area contributed by atoms with Crippen molar-refractivity contribution < 1.29 is 14.3 Å². The van der Waals surface area contributed by atoms with Crippen LogP contribution in [-0.2, 0) is 14.3 Å². The second-order valence-electron chi connectivity index (χ2n) is 7.64. The van der Waals surface area contributed by atoms with E-state index in [9.17, 15) is 4.79 Å². The van der Waals surface area contributed by atoms with Gasteiger partial charge in [0.25, 0.3) is 0 Å². The van der Waals surface area contributed by atoms with Crippen LogP contribution >= 0.6 is 0 Å². The predicted molar refractivity (Wildman–Crippen MR) is 101 cm³/mol. The van der Waals surface area contributed by atoms with E-state index in [1.54, 1.807) is 0 Å². The van der Waals surface area contributed by atoms with Crippen LogP contribution in [-0.4, -0.2) is 14.3 Å². The third-order valence-corrected chi connectivity index (χ3v) is 4.45. The predicted octanol–water partition coefficient (Wildman–Crippen LogP) is 6.78. The van der Waals surface area contributed by atoms with E-state index in [1.165, 1.54) is 70.6 Å². The lowest BCUT2D eigenvalue weighted by atomic mass is 10.0. The Balaban J connectivity index is 3.17. The van der Waals surface area contributed by atoms with Crippen LogP contribution in [0.4, 0.5) is 0 Å². The highest BCUT2D eigenvalue weighted by Crippen LogP contribution is 2.13. The first kappa shape index (κ1) is 22.6. The molecule has 0 radical (unpaired) electrons. The van der Waals surface area contributed by atoms with Crippen LogP contribution in [0.5, 0.6) is 0 Å². The maximum Gasteiger partial charge on any atom is 0.340 e. The Bertz CT molecular complexity index is 274. The lowest BCUT2D eigenvalue weighted by molar-refractivity contribution is -0.219. The van der Waals surface area contributed by atoms with Gasteiger partial charge in [0.15, 0.2) is 0 Å². The summed E-state index contributed by atoms with van der Waals surface area (Å²) < 4.78 is 5.14. The molecule has 23 heavy (non-hydrogen) atoms. The van der Waals surface area contributed by atoms with E-state index in [1.807, 2.05) is 19.6 Å². The molecule has 0 saturated heterocycles. The van der Waals surface area contributed by atoms with Gasteiger partial charge in [-0.1, -0.05) is 84.0 Å². The Morgan fingerprint density at radius 2 is 1.09 bits per heavy atom. The molecule has 0 N–H and O–H groups in total. The molecule has 0 saturated carbocycles. The molecule has 0 bridgehead atoms. The molecule has 0 amide bonds. The first-order chi connectivity index (χ1) is 11.0. The van der Waals surface area contributed by atoms with Gasteiger partial charge in [0.2, 0.25) is 8.32 Å². The molecule has 0 aliphatic rings. The highest BCUT2D eigenvalue weighted by atomic mass is 28.4. The van der Waals surface area contributed by atoms with Crippen LogP contribution in [0.3, 0.4) is 0 Å². The molecule has 0 aliphatic carbocycles. The molecule has 3 nitrogen and oxygen atoms in total. The monoisotopic (exact) mass is 344 g/mol. The fraction of sp³-hybridized carbons (Fsp3) is 0.947. The fourth-order valence-electron chi connectivity index (χ4n) is 2.50. The van der Waals surface area contributed by atoms with Gasteiger partial charge >= 0.3 is 5.97 Å². The van der Waals surface area contributed by atoms with Gasteiger partial charge in [-0.25, -0.2) is 9.37 Å². The molecule has 0 atom stereocenters. The number of rotatable bonds is 16. The topological polar surface area (TPSA) is 35.5 Å². The summed E-state index contributed by atoms with van der Waals surface area (Å²) >= 11 is 0. The van der Waals surface area contributed by atoms with Gasteiger partial charge in [-0.3, -0.25) is 0 Å². The molecule has 0 rings (SSSR count). The van der Waals surface area contributed by atoms with Gasteiger partial charge in [0.05, 0.1) is 0 Å². The van der Waals surface area contributed by atoms with Crippen LogP contribution in [0.1, 0.15) is 96.8 Å². The van der Waals surface area contributed by atoms with Crippen molar-refractivity contribution in [1.82, 2.24) is 0 Å². The van der Waals surface area contributed by atoms with Crippen LogP contribution in [0, 0.1) is 0 Å². The Kier molecular flexibility index (Phi) is 15.0. The van der Waals surface area contributed by atoms with Crippen molar-refractivity contribution >= 4 is 14.3 Å². The molecule has 0 aromatic carbocycles. The van der Waals surface area contributed by atoms with Gasteiger partial charge in [-0.15, -0.1) is 0 Å². The van der Waals surface area contributed by atoms with Crippen LogP contribution < -0.4 is 0 Å². The third kappa shape index (κ3) is 19.6. The molecule has 0 aromatic rings. The molecule has 0 spiro atoms. The second kappa shape index (κ2) is 15.2. The van der Waals surface area contributed by atoms with Crippen molar-refractivity contribution in [2.75, 3.05) is 0 Å². The van der Waals surface area contributed by atoms with E-state index in [-0.39, 0.29) is 5.97 Å². The first-order valence-corrected chi connectivity index (χ1v) is 13.2. The quantitative estimate of drug-likeness (QED) is 0.134. The minimum atomic E-state index is -1.75. The summed E-state index contributed by atoms with van der Waals surface area (Å²) in [6.45, 7) is 8.28. The third-order valence-electron chi connectivity index (χ3n) is 3.87. The van der Waals surface area contributed by atoms with E-state index in [0.717, 1.165) is 12.8 Å². The molecule has 138 valence electrons. The summed E-state index contributed by atoms with van der Waals surface area (Å²) in [4.78, 5) is 16.3. The van der Waals surface area contributed by atoms with Gasteiger partial charge < -0.3 is 4.89 Å². The highest BCUT2D eigenvalue weighted by Gasteiger charge is 2.18. The van der Waals surface area contributed by atoms with Crippen molar-refractivity contribution in [2.24, 2.45) is 0 Å². The average Bonchev–Trinajstić information content (AvgIpc) is 2.49. The zero-order chi connectivity index (χ0) is 17.4. The summed E-state index contributed by atoms with van der Waals surface area (Å²) in [5.74, 6) is -0.213. The molecule has 0 aliphatic heterocycles. The number of carbonyl (C=O) groups excluding carboxylic acids is 1. The summed E-state index contributed by atoms with van der Waals surface area (Å²) in [6.07, 6.45) is 17.6. The van der Waals surface area contributed by atoms with E-state index in [2.05, 4.69) is 6.92 Å². The standard InChI is InChI=1S/C19H40O3Si/c1-5-6-7-8-9-10-11-12-13-14-15-16-17-18-19(20)21-22-23(2,3)4/h5-18H2,1-4H3. The molecule has 0 unspecified atom stereocenters. The molecule has 0 aromatic heterocycles. The Hall–Kier alpha value is -0.353. The number of carbonyl (C=O) groups is 1. The van der Waals surface area contributed by atoms with Gasteiger partial charge in [-0.05, 0) is 26.1 Å². The number of unbranched alkanes of at least 4 members (excludes halogenated alkanes) is 12. The van der Waals surface area contributed by atoms with Crippen molar-refractivity contribution in [3.63, 3.8) is 0 Å². The smallest absolute Gasteiger partial charge is 0.310 e. The maximum atomic E-state index is 11.5. The first-order valence-electron chi connectivity index (χ1n) is 9.84. The summed E-state index contributed by atoms with van der Waals surface area (Å²) in [7, 11) is -1.75. The average molecular weight is 345 g/mol. The molecule has 4 heteroatoms. The van der Waals surface area contributed by atoms with Crippen molar-refractivity contribution in [3.8, 4) is 0 Å². The molecular weight excluding hydrogens is 304 g/mol. The summed E-state index contributed by atoms with van der Waals surface area (Å²) in [6, 6.07) is 0. The lowest BCUT2D eigenvalue weighted by Gasteiger charge is -2.14. The summed E-state index contributed by atoms with van der Waals surface area (Å²) in [5, 5.41) is 0. The van der Waals surface area contributed by atoms with Gasteiger partial charge in [0, 0.05) is 6.42 Å². The van der Waals surface area contributed by atoms with Crippen molar-refractivity contribution in [2.45, 2.75) is 116 Å². The van der Waals surface area contributed by atoms with E-state index >= 15 is 0 Å². The zero-order valence-electron chi connectivity index (χ0n) is 16.1. The Morgan fingerprint density at radius 1 is 0.696 bits per heavy atom. The van der Waals surface area contributed by atoms with Crippen molar-refractivity contribution in [3.05, 3.63) is 0 Å². The Morgan fingerprint density at radius 3 is 1.48 bits per heavy atom. The minimum Gasteiger partial charge on any atom is -0.310 e. The van der Waals surface area contributed by atoms with E-state index in [0.29, 0.717) is 6.42 Å². The normalized spacial score (nSPS) is 11.7. The number of hydrogen-bond acceptors (Lipinski definition) is 3. The van der Waals surface area contributed by atoms with Gasteiger partial charge in [0.1, 0.15) is 0 Å². The Labute approximate surface area is 145 Å². The lowest BCUT2D eigenvalue weighted by Crippen LogP contribution is -2.27. The van der Waals surface area contributed by atoms with Crippen molar-refractivity contribution in [1.29, 1.82) is 0 Å². The van der Waals surface area contributed by atoms with Crippen LogP contribution in [0.2, 0.25) is 19.6 Å². The maximum absolute atomic E-state index is 11.5. The van der Waals surface area contributed by atoms with Crippen LogP contribution in [0.15, 0.2) is 0 Å². The van der Waals surface area contributed by atoms with Crippen LogP contribution in [0.25, 0.3) is 0 Å². The van der Waals surface area contributed by atoms with Gasteiger partial charge in [-0.2, -0.15) is 0 Å². The minimum absolute atomic E-state index is 0.213. The number of hydrogen-bond donors (Lipinski definition) is 0. The van der Waals surface area contributed by atoms with E-state index < -0.39 is 8.32 Å². The van der Waals surface area contributed by atoms with E-state index in [4.69, 9.17) is 9.46 Å². The largest absolute Gasteiger partial charge is 0.340 e. The molecule has 0 fully saturated rings. The fourth-order valence-corrected chi connectivity index (χ4v) is 2.84. The SMILES string of the molecule is CCCCCCCCCCCCCCCC(=O)OO[Si](C)(C)C. The summed E-state index contributed by atoms with van der Waals surface area (Å²) in [5.41, 5.74) is 0. The molecular formula is C19H40O3Si. The molecule has 0 heterocycles. The zero-order valence-corrected chi connectivity index (χ0v) is 17.1.